The fourth-order valence-corrected chi connectivity index (χ4v) is 2.94. The molecule has 0 fully saturated rings. The van der Waals surface area contributed by atoms with E-state index in [9.17, 15) is 13.6 Å². The molecule has 0 spiro atoms. The first-order chi connectivity index (χ1) is 11.1. The van der Waals surface area contributed by atoms with Crippen molar-refractivity contribution >= 4 is 23.3 Å². The number of alkyl halides is 1. The Morgan fingerprint density at radius 1 is 1.22 bits per heavy atom. The van der Waals surface area contributed by atoms with Gasteiger partial charge in [-0.05, 0) is 48.6 Å². The molecule has 1 aromatic carbocycles. The maximum absolute atomic E-state index is 13.9. The summed E-state index contributed by atoms with van der Waals surface area (Å²) < 4.78 is 27.8. The van der Waals surface area contributed by atoms with Crippen LogP contribution in [0.4, 0.5) is 14.6 Å². The summed E-state index contributed by atoms with van der Waals surface area (Å²) in [5.41, 5.74) is 2.11. The molecule has 6 heteroatoms. The van der Waals surface area contributed by atoms with E-state index in [0.29, 0.717) is 5.82 Å². The standard InChI is InChI=1S/C17H15ClF2N2O/c18-8-17(23)22(10-13-14(19)5-2-6-15(13)20)16-7-11-3-1-4-12(11)9-21-16/h2,5-7,9H,1,3-4,8,10H2. The van der Waals surface area contributed by atoms with Gasteiger partial charge in [0.05, 0.1) is 6.54 Å². The van der Waals surface area contributed by atoms with Crippen molar-refractivity contribution in [2.24, 2.45) is 0 Å². The lowest BCUT2D eigenvalue weighted by molar-refractivity contribution is -0.116. The summed E-state index contributed by atoms with van der Waals surface area (Å²) in [4.78, 5) is 17.7. The number of halogens is 3. The Kier molecular flexibility index (Phi) is 4.57. The van der Waals surface area contributed by atoms with Gasteiger partial charge in [0.2, 0.25) is 5.91 Å². The quantitative estimate of drug-likeness (QED) is 0.799. The van der Waals surface area contributed by atoms with Crippen molar-refractivity contribution in [1.29, 1.82) is 0 Å². The zero-order valence-electron chi connectivity index (χ0n) is 12.4. The predicted octanol–water partition coefficient (Wildman–Crippen LogP) is 3.62. The Hall–Kier alpha value is -2.01. The number of fused-ring (bicyclic) bond motifs is 1. The van der Waals surface area contributed by atoms with E-state index < -0.39 is 17.5 Å². The van der Waals surface area contributed by atoms with Crippen molar-refractivity contribution in [3.05, 3.63) is 58.8 Å². The van der Waals surface area contributed by atoms with Gasteiger partial charge < -0.3 is 0 Å². The van der Waals surface area contributed by atoms with Gasteiger partial charge in [-0.1, -0.05) is 6.07 Å². The van der Waals surface area contributed by atoms with Crippen LogP contribution in [0.15, 0.2) is 30.5 Å². The Balaban J connectivity index is 1.97. The molecule has 23 heavy (non-hydrogen) atoms. The normalized spacial score (nSPS) is 13.0. The molecule has 1 aliphatic rings. The number of anilines is 1. The number of hydrogen-bond donors (Lipinski definition) is 0. The zero-order chi connectivity index (χ0) is 16.4. The van der Waals surface area contributed by atoms with Gasteiger partial charge in [0, 0.05) is 11.8 Å². The molecule has 3 rings (SSSR count). The van der Waals surface area contributed by atoms with E-state index in [4.69, 9.17) is 11.6 Å². The van der Waals surface area contributed by atoms with Crippen LogP contribution in [-0.4, -0.2) is 16.8 Å². The first-order valence-electron chi connectivity index (χ1n) is 7.37. The fraction of sp³-hybridized carbons (Fsp3) is 0.294. The third-order valence-corrected chi connectivity index (χ3v) is 4.26. The molecule has 0 atom stereocenters. The maximum atomic E-state index is 13.9. The molecule has 1 heterocycles. The lowest BCUT2D eigenvalue weighted by Crippen LogP contribution is -2.33. The number of benzene rings is 1. The van der Waals surface area contributed by atoms with E-state index in [0.717, 1.165) is 42.5 Å². The molecule has 2 aromatic rings. The Morgan fingerprint density at radius 2 is 1.91 bits per heavy atom. The molecule has 0 saturated carbocycles. The van der Waals surface area contributed by atoms with Gasteiger partial charge in [0.25, 0.3) is 0 Å². The largest absolute Gasteiger partial charge is 0.291 e. The lowest BCUT2D eigenvalue weighted by Gasteiger charge is -2.22. The van der Waals surface area contributed by atoms with E-state index >= 15 is 0 Å². The molecule has 0 radical (unpaired) electrons. The van der Waals surface area contributed by atoms with Crippen molar-refractivity contribution < 1.29 is 13.6 Å². The topological polar surface area (TPSA) is 33.2 Å². The van der Waals surface area contributed by atoms with Crippen LogP contribution in [-0.2, 0) is 24.2 Å². The number of carbonyl (C=O) groups is 1. The van der Waals surface area contributed by atoms with E-state index in [1.807, 2.05) is 6.07 Å². The molecule has 0 unspecified atom stereocenters. The summed E-state index contributed by atoms with van der Waals surface area (Å²) in [6.45, 7) is -0.240. The second kappa shape index (κ2) is 6.62. The summed E-state index contributed by atoms with van der Waals surface area (Å²) >= 11 is 5.65. The SMILES string of the molecule is O=C(CCl)N(Cc1c(F)cccc1F)c1cc2c(cn1)CCC2. The molecule has 1 aromatic heterocycles. The number of pyridine rings is 1. The smallest absolute Gasteiger partial charge is 0.243 e. The summed E-state index contributed by atoms with van der Waals surface area (Å²) in [6, 6.07) is 5.43. The van der Waals surface area contributed by atoms with E-state index in [2.05, 4.69) is 4.98 Å². The van der Waals surface area contributed by atoms with Crippen LogP contribution in [0.3, 0.4) is 0 Å². The maximum Gasteiger partial charge on any atom is 0.243 e. The number of hydrogen-bond acceptors (Lipinski definition) is 2. The predicted molar refractivity (Wildman–Crippen MR) is 84.5 cm³/mol. The average Bonchev–Trinajstić information content (AvgIpc) is 3.01. The molecule has 0 bridgehead atoms. The van der Waals surface area contributed by atoms with Gasteiger partial charge >= 0.3 is 0 Å². The molecule has 0 aliphatic heterocycles. The van der Waals surface area contributed by atoms with E-state index in [-0.39, 0.29) is 18.0 Å². The summed E-state index contributed by atoms with van der Waals surface area (Å²) in [7, 11) is 0. The van der Waals surface area contributed by atoms with Crippen LogP contribution in [0.5, 0.6) is 0 Å². The highest BCUT2D eigenvalue weighted by atomic mass is 35.5. The van der Waals surface area contributed by atoms with Crippen LogP contribution in [0.2, 0.25) is 0 Å². The Bertz CT molecular complexity index is 731. The molecule has 0 saturated heterocycles. The second-order valence-corrected chi connectivity index (χ2v) is 5.75. The van der Waals surface area contributed by atoms with Crippen molar-refractivity contribution in [3.8, 4) is 0 Å². The third-order valence-electron chi connectivity index (χ3n) is 4.03. The van der Waals surface area contributed by atoms with Crippen LogP contribution < -0.4 is 4.90 Å². The highest BCUT2D eigenvalue weighted by molar-refractivity contribution is 6.29. The van der Waals surface area contributed by atoms with Crippen molar-refractivity contribution in [2.75, 3.05) is 10.8 Å². The number of rotatable bonds is 4. The first kappa shape index (κ1) is 15.9. The zero-order valence-corrected chi connectivity index (χ0v) is 13.1. The first-order valence-corrected chi connectivity index (χ1v) is 7.90. The summed E-state index contributed by atoms with van der Waals surface area (Å²) in [5, 5.41) is 0. The number of aryl methyl sites for hydroxylation is 2. The van der Waals surface area contributed by atoms with Crippen LogP contribution in [0.25, 0.3) is 0 Å². The van der Waals surface area contributed by atoms with Crippen molar-refractivity contribution in [1.82, 2.24) is 4.98 Å². The number of carbonyl (C=O) groups excluding carboxylic acids is 1. The fourth-order valence-electron chi connectivity index (χ4n) is 2.80. The molecule has 1 aliphatic carbocycles. The van der Waals surface area contributed by atoms with Gasteiger partial charge in [-0.15, -0.1) is 11.6 Å². The Morgan fingerprint density at radius 3 is 2.61 bits per heavy atom. The van der Waals surface area contributed by atoms with Gasteiger partial charge in [-0.2, -0.15) is 0 Å². The number of aromatic nitrogens is 1. The Labute approximate surface area is 137 Å². The average molecular weight is 337 g/mol. The molecule has 0 N–H and O–H groups in total. The van der Waals surface area contributed by atoms with Gasteiger partial charge in [-0.3, -0.25) is 9.69 Å². The number of nitrogens with zero attached hydrogens (tertiary/aromatic N) is 2. The highest BCUT2D eigenvalue weighted by Gasteiger charge is 2.22. The molecular weight excluding hydrogens is 322 g/mol. The third kappa shape index (κ3) is 3.20. The van der Waals surface area contributed by atoms with E-state index in [1.54, 1.807) is 6.20 Å². The minimum Gasteiger partial charge on any atom is -0.291 e. The monoisotopic (exact) mass is 336 g/mol. The van der Waals surface area contributed by atoms with Crippen LogP contribution in [0, 0.1) is 11.6 Å². The minimum atomic E-state index is -0.696. The summed E-state index contributed by atoms with van der Waals surface area (Å²) in [5.74, 6) is -1.75. The van der Waals surface area contributed by atoms with Gasteiger partial charge in [0.15, 0.2) is 0 Å². The van der Waals surface area contributed by atoms with Gasteiger partial charge in [-0.25, -0.2) is 13.8 Å². The van der Waals surface area contributed by atoms with E-state index in [1.165, 1.54) is 11.0 Å². The molecule has 120 valence electrons. The number of amides is 1. The highest BCUT2D eigenvalue weighted by Crippen LogP contribution is 2.26. The summed E-state index contributed by atoms with van der Waals surface area (Å²) in [6.07, 6.45) is 4.66. The molecule has 3 nitrogen and oxygen atoms in total. The van der Waals surface area contributed by atoms with Gasteiger partial charge in [0.1, 0.15) is 23.3 Å². The van der Waals surface area contributed by atoms with Crippen LogP contribution >= 0.6 is 11.6 Å². The molecular formula is C17H15ClF2N2O. The van der Waals surface area contributed by atoms with Crippen LogP contribution in [0.1, 0.15) is 23.1 Å². The molecule has 1 amide bonds. The second-order valence-electron chi connectivity index (χ2n) is 5.48. The lowest BCUT2D eigenvalue weighted by atomic mass is 10.1. The minimum absolute atomic E-state index is 0.173. The van der Waals surface area contributed by atoms with Crippen molar-refractivity contribution in [2.45, 2.75) is 25.8 Å². The van der Waals surface area contributed by atoms with Crippen molar-refractivity contribution in [3.63, 3.8) is 0 Å².